The van der Waals surface area contributed by atoms with Gasteiger partial charge in [0, 0.05) is 6.54 Å². The van der Waals surface area contributed by atoms with E-state index in [1.165, 1.54) is 6.07 Å². The lowest BCUT2D eigenvalue weighted by Crippen LogP contribution is -2.21. The summed E-state index contributed by atoms with van der Waals surface area (Å²) < 4.78 is 45.7. The molecule has 2 N–H and O–H groups in total. The number of ether oxygens (including phenoxy) is 2. The van der Waals surface area contributed by atoms with Crippen LogP contribution in [0.25, 0.3) is 0 Å². The summed E-state index contributed by atoms with van der Waals surface area (Å²) in [4.78, 5) is 15.2. The molecule has 1 aromatic heterocycles. The van der Waals surface area contributed by atoms with Crippen LogP contribution in [0.4, 0.5) is 13.2 Å². The summed E-state index contributed by atoms with van der Waals surface area (Å²) in [7, 11) is 0. The first-order valence-corrected chi connectivity index (χ1v) is 6.64. The predicted molar refractivity (Wildman–Crippen MR) is 71.9 cm³/mol. The number of carbonyl (C=O) groups is 1. The van der Waals surface area contributed by atoms with E-state index in [9.17, 15) is 18.0 Å². The first-order chi connectivity index (χ1) is 9.26. The monoisotopic (exact) mass is 404 g/mol. The number of pyridine rings is 1. The first-order valence-electron chi connectivity index (χ1n) is 5.56. The Morgan fingerprint density at radius 2 is 2.15 bits per heavy atom. The fourth-order valence-electron chi connectivity index (χ4n) is 1.42. The number of halogens is 4. The van der Waals surface area contributed by atoms with Gasteiger partial charge in [0.15, 0.2) is 5.75 Å². The maximum absolute atomic E-state index is 12.3. The highest BCUT2D eigenvalue weighted by molar-refractivity contribution is 14.1. The molecule has 9 heteroatoms. The third-order valence-electron chi connectivity index (χ3n) is 2.09. The van der Waals surface area contributed by atoms with E-state index in [1.807, 2.05) is 0 Å². The Morgan fingerprint density at radius 1 is 1.50 bits per heavy atom. The smallest absolute Gasteiger partial charge is 0.466 e. The molecule has 0 saturated carbocycles. The molecule has 0 radical (unpaired) electrons. The minimum Gasteiger partial charge on any atom is -0.466 e. The summed E-state index contributed by atoms with van der Waals surface area (Å²) in [5.41, 5.74) is 5.59. The Morgan fingerprint density at radius 3 is 2.65 bits per heavy atom. The van der Waals surface area contributed by atoms with E-state index in [-0.39, 0.29) is 34.5 Å². The van der Waals surface area contributed by atoms with Crippen LogP contribution in [0, 0.1) is 3.57 Å². The van der Waals surface area contributed by atoms with Gasteiger partial charge in [-0.1, -0.05) is 0 Å². The summed E-state index contributed by atoms with van der Waals surface area (Å²) >= 11 is 1.67. The van der Waals surface area contributed by atoms with Crippen molar-refractivity contribution in [3.8, 4) is 5.75 Å². The van der Waals surface area contributed by atoms with E-state index in [1.54, 1.807) is 29.5 Å². The number of alkyl halides is 3. The topological polar surface area (TPSA) is 74.4 Å². The molecule has 0 saturated heterocycles. The molecule has 5 nitrogen and oxygen atoms in total. The summed E-state index contributed by atoms with van der Waals surface area (Å²) in [5.74, 6) is -0.948. The Kier molecular flexibility index (Phi) is 5.99. The highest BCUT2D eigenvalue weighted by atomic mass is 127. The van der Waals surface area contributed by atoms with Gasteiger partial charge < -0.3 is 15.2 Å². The number of esters is 1. The van der Waals surface area contributed by atoms with Gasteiger partial charge in [-0.05, 0) is 35.6 Å². The van der Waals surface area contributed by atoms with Gasteiger partial charge in [-0.25, -0.2) is 0 Å². The fourth-order valence-corrected chi connectivity index (χ4v) is 2.20. The molecule has 0 spiro atoms. The van der Waals surface area contributed by atoms with E-state index in [4.69, 9.17) is 10.5 Å². The van der Waals surface area contributed by atoms with E-state index in [2.05, 4.69) is 9.72 Å². The highest BCUT2D eigenvalue weighted by Gasteiger charge is 2.33. The van der Waals surface area contributed by atoms with Crippen molar-refractivity contribution in [1.82, 2.24) is 4.98 Å². The average Bonchev–Trinajstić information content (AvgIpc) is 2.31. The standard InChI is InChI=1S/C11H12F3IN2O3/c1-2-19-9(18)4-6-3-7(15)10(8(5-16)17-6)20-11(12,13)14/h3H,2,4-5,16H2,1H3. The minimum atomic E-state index is -4.83. The number of hydrogen-bond donors (Lipinski definition) is 1. The SMILES string of the molecule is CCOC(=O)Cc1cc(I)c(OC(F)(F)F)c(CN)n1. The zero-order valence-electron chi connectivity index (χ0n) is 10.5. The zero-order chi connectivity index (χ0) is 15.3. The van der Waals surface area contributed by atoms with Crippen LogP contribution >= 0.6 is 22.6 Å². The lowest BCUT2D eigenvalue weighted by Gasteiger charge is -2.14. The largest absolute Gasteiger partial charge is 0.573 e. The van der Waals surface area contributed by atoms with E-state index >= 15 is 0 Å². The van der Waals surface area contributed by atoms with Gasteiger partial charge in [-0.2, -0.15) is 0 Å². The lowest BCUT2D eigenvalue weighted by atomic mass is 10.2. The number of nitrogens with zero attached hydrogens (tertiary/aromatic N) is 1. The summed E-state index contributed by atoms with van der Waals surface area (Å²) in [6.45, 7) is 1.63. The van der Waals surface area contributed by atoms with Gasteiger partial charge in [0.05, 0.1) is 28.0 Å². The van der Waals surface area contributed by atoms with Crippen molar-refractivity contribution in [1.29, 1.82) is 0 Å². The second-order valence-corrected chi connectivity index (χ2v) is 4.77. The van der Waals surface area contributed by atoms with Crippen LogP contribution in [0.1, 0.15) is 18.3 Å². The van der Waals surface area contributed by atoms with Crippen LogP contribution in [0.3, 0.4) is 0 Å². The quantitative estimate of drug-likeness (QED) is 0.602. The predicted octanol–water partition coefficient (Wildman–Crippen LogP) is 2.15. The van der Waals surface area contributed by atoms with Gasteiger partial charge in [-0.3, -0.25) is 9.78 Å². The van der Waals surface area contributed by atoms with Crippen molar-refractivity contribution in [3.63, 3.8) is 0 Å². The van der Waals surface area contributed by atoms with Gasteiger partial charge in [0.1, 0.15) is 0 Å². The van der Waals surface area contributed by atoms with Crippen LogP contribution < -0.4 is 10.5 Å². The minimum absolute atomic E-state index is 0.0616. The average molecular weight is 404 g/mol. The van der Waals surface area contributed by atoms with Crippen LogP contribution in [-0.2, 0) is 22.5 Å². The van der Waals surface area contributed by atoms with E-state index in [0.29, 0.717) is 0 Å². The van der Waals surface area contributed by atoms with Crippen molar-refractivity contribution in [3.05, 3.63) is 21.0 Å². The zero-order valence-corrected chi connectivity index (χ0v) is 12.6. The third-order valence-corrected chi connectivity index (χ3v) is 2.89. The second kappa shape index (κ2) is 7.07. The number of hydrogen-bond acceptors (Lipinski definition) is 5. The van der Waals surface area contributed by atoms with Gasteiger partial charge in [-0.15, -0.1) is 13.2 Å². The molecule has 0 aromatic carbocycles. The molecule has 1 aromatic rings. The van der Waals surface area contributed by atoms with Crippen LogP contribution in [0.15, 0.2) is 6.07 Å². The fraction of sp³-hybridized carbons (Fsp3) is 0.455. The van der Waals surface area contributed by atoms with E-state index < -0.39 is 18.1 Å². The molecule has 1 heterocycles. The highest BCUT2D eigenvalue weighted by Crippen LogP contribution is 2.30. The lowest BCUT2D eigenvalue weighted by molar-refractivity contribution is -0.275. The molecule has 0 aliphatic carbocycles. The van der Waals surface area contributed by atoms with Crippen LogP contribution in [-0.4, -0.2) is 23.9 Å². The third kappa shape index (κ3) is 5.12. The van der Waals surface area contributed by atoms with Gasteiger partial charge >= 0.3 is 12.3 Å². The van der Waals surface area contributed by atoms with Crippen LogP contribution in [0.2, 0.25) is 0 Å². The first kappa shape index (κ1) is 17.0. The summed E-state index contributed by atoms with van der Waals surface area (Å²) in [5, 5.41) is 0. The Balaban J connectivity index is 3.04. The number of aromatic nitrogens is 1. The molecule has 0 aliphatic rings. The Hall–Kier alpha value is -1.10. The molecule has 0 bridgehead atoms. The molecule has 0 fully saturated rings. The molecular weight excluding hydrogens is 392 g/mol. The normalized spacial score (nSPS) is 11.3. The van der Waals surface area contributed by atoms with Crippen molar-refractivity contribution < 1.29 is 27.4 Å². The van der Waals surface area contributed by atoms with Crippen molar-refractivity contribution in [2.75, 3.05) is 6.61 Å². The molecule has 0 unspecified atom stereocenters. The number of nitrogens with two attached hydrogens (primary N) is 1. The van der Waals surface area contributed by atoms with Gasteiger partial charge in [0.25, 0.3) is 0 Å². The second-order valence-electron chi connectivity index (χ2n) is 3.60. The summed E-state index contributed by atoms with van der Waals surface area (Å²) in [6.07, 6.45) is -4.96. The molecule has 0 atom stereocenters. The maximum atomic E-state index is 12.3. The summed E-state index contributed by atoms with van der Waals surface area (Å²) in [6, 6.07) is 1.33. The molecule has 0 amide bonds. The number of carbonyl (C=O) groups excluding carboxylic acids is 1. The maximum Gasteiger partial charge on any atom is 0.573 e. The van der Waals surface area contributed by atoms with Crippen molar-refractivity contribution in [2.45, 2.75) is 26.3 Å². The van der Waals surface area contributed by atoms with Crippen molar-refractivity contribution in [2.24, 2.45) is 5.73 Å². The van der Waals surface area contributed by atoms with E-state index in [0.717, 1.165) is 0 Å². The number of rotatable bonds is 5. The molecule has 20 heavy (non-hydrogen) atoms. The molecule has 1 rings (SSSR count). The van der Waals surface area contributed by atoms with Gasteiger partial charge in [0.2, 0.25) is 0 Å². The Bertz CT molecular complexity index is 495. The molecular formula is C11H12F3IN2O3. The van der Waals surface area contributed by atoms with Crippen LogP contribution in [0.5, 0.6) is 5.75 Å². The molecule has 0 aliphatic heterocycles. The van der Waals surface area contributed by atoms with Crippen molar-refractivity contribution >= 4 is 28.6 Å². The Labute approximate surface area is 126 Å². The molecule has 112 valence electrons.